The van der Waals surface area contributed by atoms with Crippen LogP contribution in [0.25, 0.3) is 10.2 Å². The number of thiazole rings is 1. The number of allylic oxidation sites excluding steroid dienone is 1. The molecule has 1 heterocycles. The minimum Gasteiger partial charge on any atom is -0.494 e. The van der Waals surface area contributed by atoms with Crippen LogP contribution >= 0.6 is 11.3 Å². The van der Waals surface area contributed by atoms with Crippen molar-refractivity contribution in [1.29, 1.82) is 0 Å². The molecule has 3 aromatic rings. The predicted molar refractivity (Wildman–Crippen MR) is 109 cm³/mol. The molecule has 0 fully saturated rings. The molecule has 0 unspecified atom stereocenters. The highest BCUT2D eigenvalue weighted by Crippen LogP contribution is 2.24. The first kappa shape index (κ1) is 19.5. The summed E-state index contributed by atoms with van der Waals surface area (Å²) in [6.45, 7) is 8.35. The Morgan fingerprint density at radius 3 is 2.82 bits per heavy atom. The van der Waals surface area contributed by atoms with Crippen molar-refractivity contribution in [2.45, 2.75) is 20.4 Å². The molecule has 28 heavy (non-hydrogen) atoms. The number of benzene rings is 2. The van der Waals surface area contributed by atoms with Crippen LogP contribution in [0.1, 0.15) is 22.8 Å². The number of carbonyl (C=O) groups is 1. The monoisotopic (exact) mass is 397 g/mol. The van der Waals surface area contributed by atoms with Crippen LogP contribution < -0.4 is 9.54 Å². The number of rotatable bonds is 6. The van der Waals surface area contributed by atoms with Crippen molar-refractivity contribution in [3.05, 3.63) is 75.1 Å². The Morgan fingerprint density at radius 1 is 1.36 bits per heavy atom. The molecule has 2 aromatic carbocycles. The first-order valence-electron chi connectivity index (χ1n) is 8.65. The Bertz CT molecular complexity index is 1140. The van der Waals surface area contributed by atoms with Gasteiger partial charge in [-0.1, -0.05) is 23.5 Å². The summed E-state index contributed by atoms with van der Waals surface area (Å²) in [5.41, 5.74) is 1.48. The van der Waals surface area contributed by atoms with Gasteiger partial charge in [0.2, 0.25) is 0 Å². The topological polar surface area (TPSA) is 86.7 Å². The van der Waals surface area contributed by atoms with Gasteiger partial charge in [-0.15, -0.1) is 6.58 Å². The summed E-state index contributed by atoms with van der Waals surface area (Å²) in [7, 11) is 0. The average Bonchev–Trinajstić information content (AvgIpc) is 2.99. The second-order valence-corrected chi connectivity index (χ2v) is 7.03. The lowest BCUT2D eigenvalue weighted by Crippen LogP contribution is -2.16. The molecular weight excluding hydrogens is 378 g/mol. The van der Waals surface area contributed by atoms with Gasteiger partial charge < -0.3 is 9.30 Å². The van der Waals surface area contributed by atoms with E-state index in [0.29, 0.717) is 23.5 Å². The second kappa shape index (κ2) is 8.18. The van der Waals surface area contributed by atoms with Gasteiger partial charge in [-0.3, -0.25) is 14.9 Å². The molecule has 144 valence electrons. The Morgan fingerprint density at radius 2 is 2.14 bits per heavy atom. The number of fused-ring (bicyclic) bond motifs is 1. The number of ether oxygens (including phenoxy) is 1. The van der Waals surface area contributed by atoms with Crippen molar-refractivity contribution in [2.75, 3.05) is 6.61 Å². The van der Waals surface area contributed by atoms with Gasteiger partial charge in [0, 0.05) is 23.7 Å². The SMILES string of the molecule is C=CCn1c(=NC(=O)c2ccc(C)c([N+](=O)[O-])c2)sc2cc(OCC)ccc21. The molecule has 0 radical (unpaired) electrons. The van der Waals surface area contributed by atoms with Gasteiger partial charge in [0.15, 0.2) is 4.80 Å². The average molecular weight is 397 g/mol. The molecule has 8 heteroatoms. The maximum atomic E-state index is 12.7. The third-order valence-corrected chi connectivity index (χ3v) is 5.17. The standard InChI is InChI=1S/C20H19N3O4S/c1-4-10-22-16-9-8-15(27-5-2)12-18(16)28-20(22)21-19(24)14-7-6-13(3)17(11-14)23(25)26/h4,6-9,11-12H,1,5,10H2,2-3H3. The highest BCUT2D eigenvalue weighted by atomic mass is 32.1. The highest BCUT2D eigenvalue weighted by Gasteiger charge is 2.15. The van der Waals surface area contributed by atoms with E-state index in [9.17, 15) is 14.9 Å². The zero-order valence-corrected chi connectivity index (χ0v) is 16.4. The van der Waals surface area contributed by atoms with Crippen LogP contribution in [0.3, 0.4) is 0 Å². The lowest BCUT2D eigenvalue weighted by Gasteiger charge is -2.04. The summed E-state index contributed by atoms with van der Waals surface area (Å²) >= 11 is 1.35. The highest BCUT2D eigenvalue weighted by molar-refractivity contribution is 7.16. The van der Waals surface area contributed by atoms with E-state index in [2.05, 4.69) is 11.6 Å². The van der Waals surface area contributed by atoms with E-state index in [1.165, 1.54) is 17.4 Å². The third kappa shape index (κ3) is 3.86. The van der Waals surface area contributed by atoms with E-state index in [0.717, 1.165) is 16.0 Å². The van der Waals surface area contributed by atoms with Crippen LogP contribution in [-0.4, -0.2) is 22.0 Å². The minimum absolute atomic E-state index is 0.0993. The summed E-state index contributed by atoms with van der Waals surface area (Å²) < 4.78 is 8.34. The number of carbonyl (C=O) groups excluding carboxylic acids is 1. The van der Waals surface area contributed by atoms with Crippen molar-refractivity contribution >= 4 is 33.1 Å². The molecule has 1 amide bonds. The molecule has 0 atom stereocenters. The molecular formula is C20H19N3O4S. The number of nitro benzene ring substituents is 1. The number of nitrogens with zero attached hydrogens (tertiary/aromatic N) is 3. The number of aromatic nitrogens is 1. The fourth-order valence-corrected chi connectivity index (χ4v) is 3.86. The number of hydrogen-bond donors (Lipinski definition) is 0. The fourth-order valence-electron chi connectivity index (χ4n) is 2.79. The molecule has 0 saturated carbocycles. The number of aryl methyl sites for hydroxylation is 1. The number of nitro groups is 1. The van der Waals surface area contributed by atoms with Crippen LogP contribution in [0.4, 0.5) is 5.69 Å². The number of hydrogen-bond acceptors (Lipinski definition) is 5. The quantitative estimate of drug-likeness (QED) is 0.353. The molecule has 0 spiro atoms. The first-order valence-corrected chi connectivity index (χ1v) is 9.47. The first-order chi connectivity index (χ1) is 13.4. The fraction of sp³-hybridized carbons (Fsp3) is 0.200. The third-order valence-electron chi connectivity index (χ3n) is 4.13. The van der Waals surface area contributed by atoms with E-state index in [4.69, 9.17) is 4.74 Å². The maximum Gasteiger partial charge on any atom is 0.279 e. The molecule has 0 aliphatic carbocycles. The van der Waals surface area contributed by atoms with Crippen molar-refractivity contribution in [1.82, 2.24) is 4.57 Å². The van der Waals surface area contributed by atoms with E-state index >= 15 is 0 Å². The Hall–Kier alpha value is -3.26. The largest absolute Gasteiger partial charge is 0.494 e. The van der Waals surface area contributed by atoms with Gasteiger partial charge in [0.25, 0.3) is 11.6 Å². The molecule has 0 bridgehead atoms. The van der Waals surface area contributed by atoms with Crippen LogP contribution in [-0.2, 0) is 6.54 Å². The van der Waals surface area contributed by atoms with Crippen LogP contribution in [0, 0.1) is 17.0 Å². The summed E-state index contributed by atoms with van der Waals surface area (Å²) in [4.78, 5) is 28.0. The summed E-state index contributed by atoms with van der Waals surface area (Å²) in [6.07, 6.45) is 1.73. The van der Waals surface area contributed by atoms with E-state index in [1.807, 2.05) is 29.7 Å². The maximum absolute atomic E-state index is 12.7. The van der Waals surface area contributed by atoms with Gasteiger partial charge in [-0.05, 0) is 38.1 Å². The van der Waals surface area contributed by atoms with Crippen LogP contribution in [0.15, 0.2) is 54.0 Å². The molecule has 0 N–H and O–H groups in total. The van der Waals surface area contributed by atoms with Crippen LogP contribution in [0.5, 0.6) is 5.75 Å². The molecule has 7 nitrogen and oxygen atoms in total. The van der Waals surface area contributed by atoms with Gasteiger partial charge in [0.05, 0.1) is 21.7 Å². The lowest BCUT2D eigenvalue weighted by molar-refractivity contribution is -0.385. The summed E-state index contributed by atoms with van der Waals surface area (Å²) in [6, 6.07) is 10.1. The van der Waals surface area contributed by atoms with E-state index in [1.54, 1.807) is 25.1 Å². The molecule has 0 aliphatic heterocycles. The van der Waals surface area contributed by atoms with Gasteiger partial charge in [-0.25, -0.2) is 0 Å². The van der Waals surface area contributed by atoms with Crippen molar-refractivity contribution in [2.24, 2.45) is 4.99 Å². The second-order valence-electron chi connectivity index (χ2n) is 6.02. The Kier molecular flexibility index (Phi) is 5.70. The molecule has 1 aromatic heterocycles. The van der Waals surface area contributed by atoms with Crippen LogP contribution in [0.2, 0.25) is 0 Å². The zero-order chi connectivity index (χ0) is 20.3. The summed E-state index contributed by atoms with van der Waals surface area (Å²) in [5, 5.41) is 11.1. The van der Waals surface area contributed by atoms with E-state index < -0.39 is 10.8 Å². The lowest BCUT2D eigenvalue weighted by atomic mass is 10.1. The summed E-state index contributed by atoms with van der Waals surface area (Å²) in [5.74, 6) is 0.214. The van der Waals surface area contributed by atoms with Crippen molar-refractivity contribution < 1.29 is 14.5 Å². The normalized spacial score (nSPS) is 11.6. The van der Waals surface area contributed by atoms with E-state index in [-0.39, 0.29) is 11.3 Å². The van der Waals surface area contributed by atoms with Gasteiger partial charge >= 0.3 is 0 Å². The number of amides is 1. The Balaban J connectivity index is 2.10. The van der Waals surface area contributed by atoms with Gasteiger partial charge in [-0.2, -0.15) is 4.99 Å². The van der Waals surface area contributed by atoms with Crippen molar-refractivity contribution in [3.63, 3.8) is 0 Å². The smallest absolute Gasteiger partial charge is 0.279 e. The molecule has 3 rings (SSSR count). The zero-order valence-electron chi connectivity index (χ0n) is 15.5. The van der Waals surface area contributed by atoms with Gasteiger partial charge in [0.1, 0.15) is 5.75 Å². The Labute approximate surface area is 165 Å². The predicted octanol–water partition coefficient (Wildman–Crippen LogP) is 4.25. The molecule has 0 aliphatic rings. The van der Waals surface area contributed by atoms with Crippen molar-refractivity contribution in [3.8, 4) is 5.75 Å². The molecule has 0 saturated heterocycles. The minimum atomic E-state index is -0.530.